The lowest BCUT2D eigenvalue weighted by Crippen LogP contribution is -2.06. The topological polar surface area (TPSA) is 49.3 Å². The van der Waals surface area contributed by atoms with Gasteiger partial charge in [-0.1, -0.05) is 0 Å². The maximum Gasteiger partial charge on any atom is 0.221 e. The third-order valence-corrected chi connectivity index (χ3v) is 1.44. The van der Waals surface area contributed by atoms with Crippen molar-refractivity contribution in [1.82, 2.24) is 0 Å². The zero-order valence-electron chi connectivity index (χ0n) is 7.01. The van der Waals surface area contributed by atoms with Gasteiger partial charge in [0.15, 0.2) is 0 Å². The minimum absolute atomic E-state index is 0.0848. The van der Waals surface area contributed by atoms with Crippen molar-refractivity contribution >= 4 is 11.6 Å². The average Bonchev–Trinajstić information content (AvgIpc) is 1.94. The summed E-state index contributed by atoms with van der Waals surface area (Å²) < 4.78 is 0. The molecule has 2 N–H and O–H groups in total. The lowest BCUT2D eigenvalue weighted by Gasteiger charge is -2.05. The van der Waals surface area contributed by atoms with Crippen LogP contribution < -0.4 is 5.32 Å². The smallest absolute Gasteiger partial charge is 0.221 e. The number of amides is 1. The van der Waals surface area contributed by atoms with Crippen molar-refractivity contribution in [3.05, 3.63) is 23.8 Å². The fourth-order valence-electron chi connectivity index (χ4n) is 0.913. The maximum absolute atomic E-state index is 10.7. The van der Waals surface area contributed by atoms with Crippen LogP contribution in [-0.2, 0) is 4.79 Å². The summed E-state index contributed by atoms with van der Waals surface area (Å²) in [4.78, 5) is 10.7. The van der Waals surface area contributed by atoms with Crippen molar-refractivity contribution in [3.63, 3.8) is 0 Å². The highest BCUT2D eigenvalue weighted by Gasteiger charge is 2.00. The van der Waals surface area contributed by atoms with E-state index in [2.05, 4.69) is 11.4 Å². The highest BCUT2D eigenvalue weighted by atomic mass is 16.3. The van der Waals surface area contributed by atoms with Gasteiger partial charge in [0.2, 0.25) is 5.91 Å². The summed E-state index contributed by atoms with van der Waals surface area (Å²) >= 11 is 0. The van der Waals surface area contributed by atoms with Crippen LogP contribution in [0.25, 0.3) is 0 Å². The Morgan fingerprint density at radius 3 is 2.75 bits per heavy atom. The fraction of sp³-hybridized carbons (Fsp3) is 0.222. The molecule has 0 heterocycles. The van der Waals surface area contributed by atoms with Gasteiger partial charge in [0.05, 0.1) is 0 Å². The van der Waals surface area contributed by atoms with Gasteiger partial charge in [-0.25, -0.2) is 0 Å². The molecule has 1 amide bonds. The molecule has 1 rings (SSSR count). The van der Waals surface area contributed by atoms with Gasteiger partial charge in [-0.05, 0) is 24.6 Å². The number of carbonyl (C=O) groups is 1. The van der Waals surface area contributed by atoms with E-state index in [0.29, 0.717) is 5.69 Å². The molecule has 0 saturated heterocycles. The first-order chi connectivity index (χ1) is 5.59. The van der Waals surface area contributed by atoms with E-state index in [4.69, 9.17) is 5.11 Å². The number of aryl methyl sites for hydroxylation is 1. The molecule has 63 valence electrons. The number of nitrogens with one attached hydrogen (secondary N) is 1. The number of benzene rings is 1. The molecule has 0 bridgehead atoms. The Labute approximate surface area is 71.0 Å². The number of carbonyl (C=O) groups excluding carboxylic acids is 1. The summed E-state index contributed by atoms with van der Waals surface area (Å²) in [5, 5.41) is 11.6. The van der Waals surface area contributed by atoms with Gasteiger partial charge in [-0.15, -0.1) is 0 Å². The molecule has 1 aromatic rings. The SMILES string of the molecule is CC(=O)Nc1ccc(O)[c]c1C. The molecule has 0 aliphatic carbocycles. The van der Waals surface area contributed by atoms with E-state index in [9.17, 15) is 4.79 Å². The van der Waals surface area contributed by atoms with E-state index in [-0.39, 0.29) is 11.7 Å². The molecule has 1 aromatic carbocycles. The maximum atomic E-state index is 10.7. The Kier molecular flexibility index (Phi) is 2.33. The number of rotatable bonds is 1. The molecule has 0 atom stereocenters. The standard InChI is InChI=1S/C9H10NO2/c1-6-5-8(12)3-4-9(6)10-7(2)11/h3-4,12H,1-2H3,(H,10,11). The van der Waals surface area contributed by atoms with Gasteiger partial charge in [-0.3, -0.25) is 4.79 Å². The van der Waals surface area contributed by atoms with E-state index >= 15 is 0 Å². The van der Waals surface area contributed by atoms with Gasteiger partial charge in [0.25, 0.3) is 0 Å². The van der Waals surface area contributed by atoms with Crippen molar-refractivity contribution in [2.45, 2.75) is 13.8 Å². The van der Waals surface area contributed by atoms with Crippen molar-refractivity contribution in [1.29, 1.82) is 0 Å². The van der Waals surface area contributed by atoms with Crippen molar-refractivity contribution in [3.8, 4) is 5.75 Å². The van der Waals surface area contributed by atoms with Crippen LogP contribution in [0.5, 0.6) is 5.75 Å². The Hall–Kier alpha value is -1.51. The number of phenols is 1. The lowest BCUT2D eigenvalue weighted by atomic mass is 10.2. The van der Waals surface area contributed by atoms with E-state index in [1.54, 1.807) is 13.0 Å². The Bertz CT molecular complexity index is 307. The number of phenolic OH excluding ortho intramolecular Hbond substituents is 1. The van der Waals surface area contributed by atoms with Crippen LogP contribution in [0, 0.1) is 13.0 Å². The first kappa shape index (κ1) is 8.59. The molecular weight excluding hydrogens is 154 g/mol. The van der Waals surface area contributed by atoms with Gasteiger partial charge in [-0.2, -0.15) is 0 Å². The Balaban J connectivity index is 2.93. The lowest BCUT2D eigenvalue weighted by molar-refractivity contribution is -0.114. The minimum Gasteiger partial charge on any atom is -0.507 e. The Morgan fingerprint density at radius 2 is 2.25 bits per heavy atom. The number of hydrogen-bond acceptors (Lipinski definition) is 2. The molecule has 3 nitrogen and oxygen atoms in total. The molecular formula is C9H10NO2. The zero-order chi connectivity index (χ0) is 9.14. The van der Waals surface area contributed by atoms with E-state index in [0.717, 1.165) is 5.56 Å². The second-order valence-corrected chi connectivity index (χ2v) is 2.56. The third kappa shape index (κ3) is 1.99. The molecule has 1 radical (unpaired) electrons. The monoisotopic (exact) mass is 164 g/mol. The molecule has 0 aliphatic rings. The predicted molar refractivity (Wildman–Crippen MR) is 46.0 cm³/mol. The Morgan fingerprint density at radius 1 is 1.58 bits per heavy atom. The van der Waals surface area contributed by atoms with Crippen LogP contribution in [0.3, 0.4) is 0 Å². The van der Waals surface area contributed by atoms with Crippen LogP contribution in [-0.4, -0.2) is 11.0 Å². The largest absolute Gasteiger partial charge is 0.507 e. The summed E-state index contributed by atoms with van der Waals surface area (Å²) in [6, 6.07) is 5.81. The van der Waals surface area contributed by atoms with Gasteiger partial charge in [0.1, 0.15) is 5.75 Å². The van der Waals surface area contributed by atoms with Crippen molar-refractivity contribution in [2.24, 2.45) is 0 Å². The molecule has 12 heavy (non-hydrogen) atoms. The van der Waals surface area contributed by atoms with Gasteiger partial charge in [0, 0.05) is 18.7 Å². The first-order valence-electron chi connectivity index (χ1n) is 3.59. The fourth-order valence-corrected chi connectivity index (χ4v) is 0.913. The second kappa shape index (κ2) is 3.26. The van der Waals surface area contributed by atoms with Crippen LogP contribution in [0.4, 0.5) is 5.69 Å². The summed E-state index contributed by atoms with van der Waals surface area (Å²) in [7, 11) is 0. The molecule has 0 unspecified atom stereocenters. The van der Waals surface area contributed by atoms with Crippen LogP contribution >= 0.6 is 0 Å². The number of aromatic hydroxyl groups is 1. The summed E-state index contributed by atoms with van der Waals surface area (Å²) in [6.07, 6.45) is 0. The predicted octanol–water partition coefficient (Wildman–Crippen LogP) is 1.46. The molecule has 0 fully saturated rings. The van der Waals surface area contributed by atoms with E-state index in [1.807, 2.05) is 0 Å². The number of hydrogen-bond donors (Lipinski definition) is 2. The molecule has 0 spiro atoms. The highest BCUT2D eigenvalue weighted by molar-refractivity contribution is 5.89. The number of anilines is 1. The normalized spacial score (nSPS) is 9.50. The first-order valence-corrected chi connectivity index (χ1v) is 3.59. The van der Waals surface area contributed by atoms with E-state index < -0.39 is 0 Å². The summed E-state index contributed by atoms with van der Waals surface area (Å²) in [5.74, 6) is -0.0428. The van der Waals surface area contributed by atoms with Crippen molar-refractivity contribution < 1.29 is 9.90 Å². The highest BCUT2D eigenvalue weighted by Crippen LogP contribution is 2.18. The van der Waals surface area contributed by atoms with E-state index in [1.165, 1.54) is 13.0 Å². The van der Waals surface area contributed by atoms with Crippen LogP contribution in [0.15, 0.2) is 12.1 Å². The van der Waals surface area contributed by atoms with Crippen LogP contribution in [0.1, 0.15) is 12.5 Å². The molecule has 0 aliphatic heterocycles. The van der Waals surface area contributed by atoms with Crippen LogP contribution in [0.2, 0.25) is 0 Å². The molecule has 0 saturated carbocycles. The molecule has 0 aromatic heterocycles. The zero-order valence-corrected chi connectivity index (χ0v) is 7.01. The second-order valence-electron chi connectivity index (χ2n) is 2.56. The molecule has 3 heteroatoms. The quantitative estimate of drug-likeness (QED) is 0.617. The van der Waals surface area contributed by atoms with Gasteiger partial charge >= 0.3 is 0 Å². The third-order valence-electron chi connectivity index (χ3n) is 1.44. The minimum atomic E-state index is -0.128. The van der Waals surface area contributed by atoms with Crippen molar-refractivity contribution in [2.75, 3.05) is 5.32 Å². The average molecular weight is 164 g/mol. The van der Waals surface area contributed by atoms with Gasteiger partial charge < -0.3 is 10.4 Å². The summed E-state index contributed by atoms with van der Waals surface area (Å²) in [6.45, 7) is 3.21. The summed E-state index contributed by atoms with van der Waals surface area (Å²) in [5.41, 5.74) is 1.41.